The van der Waals surface area contributed by atoms with Crippen molar-refractivity contribution >= 4 is 27.5 Å². The van der Waals surface area contributed by atoms with Gasteiger partial charge in [0.1, 0.15) is 24.7 Å². The van der Waals surface area contributed by atoms with Crippen LogP contribution in [0.1, 0.15) is 15.9 Å². The number of benzene rings is 3. The van der Waals surface area contributed by atoms with Gasteiger partial charge in [-0.1, -0.05) is 36.4 Å². The first-order valence-electron chi connectivity index (χ1n) is 8.60. The van der Waals surface area contributed by atoms with Gasteiger partial charge in [-0.15, -0.1) is 0 Å². The Morgan fingerprint density at radius 1 is 0.926 bits per heavy atom. The maximum atomic E-state index is 12.7. The van der Waals surface area contributed by atoms with Gasteiger partial charge in [-0.2, -0.15) is 0 Å². The zero-order chi connectivity index (χ0) is 19.1. The third-order valence-corrected chi connectivity index (χ3v) is 4.51. The Morgan fingerprint density at radius 2 is 1.63 bits per heavy atom. The van der Waals surface area contributed by atoms with E-state index in [0.29, 0.717) is 30.2 Å². The lowest BCUT2D eigenvalue weighted by Crippen LogP contribution is -2.16. The Bertz CT molecular complexity index is 912. The average molecular weight is 426 g/mol. The molecule has 3 aromatic carbocycles. The van der Waals surface area contributed by atoms with Gasteiger partial charge < -0.3 is 14.8 Å². The van der Waals surface area contributed by atoms with E-state index in [1.54, 1.807) is 12.1 Å². The Balaban J connectivity index is 1.61. The summed E-state index contributed by atoms with van der Waals surface area (Å²) in [6.07, 6.45) is 0. The third-order valence-electron chi connectivity index (χ3n) is 3.86. The molecule has 0 saturated carbocycles. The third kappa shape index (κ3) is 5.34. The molecule has 0 spiro atoms. The monoisotopic (exact) mass is 425 g/mol. The van der Waals surface area contributed by atoms with Crippen molar-refractivity contribution in [2.75, 3.05) is 18.5 Å². The number of carbonyl (C=O) groups is 1. The van der Waals surface area contributed by atoms with E-state index < -0.39 is 0 Å². The van der Waals surface area contributed by atoms with Crippen LogP contribution in [-0.2, 0) is 0 Å². The smallest absolute Gasteiger partial charge is 0.259 e. The number of anilines is 1. The minimum absolute atomic E-state index is 0.223. The summed E-state index contributed by atoms with van der Waals surface area (Å²) in [5.74, 6) is 1.09. The first kappa shape index (κ1) is 19.0. The van der Waals surface area contributed by atoms with Crippen LogP contribution in [0.2, 0.25) is 0 Å². The Labute approximate surface area is 167 Å². The van der Waals surface area contributed by atoms with Gasteiger partial charge >= 0.3 is 0 Å². The van der Waals surface area contributed by atoms with Crippen molar-refractivity contribution in [2.45, 2.75) is 6.92 Å². The van der Waals surface area contributed by atoms with Crippen molar-refractivity contribution < 1.29 is 14.3 Å². The molecule has 1 amide bonds. The molecule has 27 heavy (non-hydrogen) atoms. The number of amides is 1. The van der Waals surface area contributed by atoms with Crippen LogP contribution in [0.5, 0.6) is 11.5 Å². The van der Waals surface area contributed by atoms with Crippen LogP contribution in [0, 0.1) is 6.92 Å². The first-order valence-corrected chi connectivity index (χ1v) is 9.40. The number of carbonyl (C=O) groups excluding carboxylic acids is 1. The highest BCUT2D eigenvalue weighted by Crippen LogP contribution is 2.25. The van der Waals surface area contributed by atoms with E-state index in [2.05, 4.69) is 21.2 Å². The summed E-state index contributed by atoms with van der Waals surface area (Å²) in [6.45, 7) is 2.73. The summed E-state index contributed by atoms with van der Waals surface area (Å²) in [4.78, 5) is 12.7. The van der Waals surface area contributed by atoms with Crippen LogP contribution >= 0.6 is 15.9 Å². The maximum absolute atomic E-state index is 12.7. The maximum Gasteiger partial charge on any atom is 0.259 e. The van der Waals surface area contributed by atoms with Crippen molar-refractivity contribution in [3.8, 4) is 11.5 Å². The normalized spacial score (nSPS) is 10.3. The summed E-state index contributed by atoms with van der Waals surface area (Å²) < 4.78 is 12.2. The highest BCUT2D eigenvalue weighted by Gasteiger charge is 2.13. The van der Waals surface area contributed by atoms with E-state index >= 15 is 0 Å². The quantitative estimate of drug-likeness (QED) is 0.510. The van der Waals surface area contributed by atoms with Crippen molar-refractivity contribution in [1.82, 2.24) is 0 Å². The number of halogens is 1. The summed E-state index contributed by atoms with van der Waals surface area (Å²) in [6, 6.07) is 22.5. The second-order valence-corrected chi connectivity index (χ2v) is 6.80. The van der Waals surface area contributed by atoms with Crippen LogP contribution in [0.3, 0.4) is 0 Å². The van der Waals surface area contributed by atoms with E-state index in [-0.39, 0.29) is 5.91 Å². The number of para-hydroxylation sites is 2. The molecule has 0 saturated heterocycles. The molecule has 0 unspecified atom stereocenters. The number of ether oxygens (including phenoxy) is 2. The van der Waals surface area contributed by atoms with Crippen LogP contribution in [-0.4, -0.2) is 19.1 Å². The largest absolute Gasteiger partial charge is 0.490 e. The molecule has 0 radical (unpaired) electrons. The predicted molar refractivity (Wildman–Crippen MR) is 111 cm³/mol. The molecule has 0 aromatic heterocycles. The molecule has 3 aromatic rings. The number of hydrogen-bond donors (Lipinski definition) is 1. The first-order chi connectivity index (χ1) is 13.1. The van der Waals surface area contributed by atoms with E-state index in [0.717, 1.165) is 15.8 Å². The summed E-state index contributed by atoms with van der Waals surface area (Å²) in [5.41, 5.74) is 2.31. The number of hydrogen-bond acceptors (Lipinski definition) is 3. The van der Waals surface area contributed by atoms with Crippen molar-refractivity contribution in [3.05, 3.63) is 88.4 Å². The standard InChI is InChI=1S/C22H20BrNO3/c1-16-11-12-20(19(23)15-16)24-22(25)18-9-5-6-10-21(18)27-14-13-26-17-7-3-2-4-8-17/h2-12,15H,13-14H2,1H3,(H,24,25). The van der Waals surface area contributed by atoms with Crippen molar-refractivity contribution in [3.63, 3.8) is 0 Å². The summed E-state index contributed by atoms with van der Waals surface area (Å²) in [5, 5.41) is 2.91. The van der Waals surface area contributed by atoms with Crippen molar-refractivity contribution in [2.24, 2.45) is 0 Å². The Hall–Kier alpha value is -2.79. The highest BCUT2D eigenvalue weighted by molar-refractivity contribution is 9.10. The van der Waals surface area contributed by atoms with Gasteiger partial charge in [-0.05, 0) is 64.8 Å². The molecule has 0 aliphatic rings. The summed E-state index contributed by atoms with van der Waals surface area (Å²) in [7, 11) is 0. The summed E-state index contributed by atoms with van der Waals surface area (Å²) >= 11 is 3.48. The molecule has 3 rings (SSSR count). The number of rotatable bonds is 7. The minimum atomic E-state index is -0.223. The van der Waals surface area contributed by atoms with E-state index in [9.17, 15) is 4.79 Å². The van der Waals surface area contributed by atoms with E-state index in [4.69, 9.17) is 9.47 Å². The average Bonchev–Trinajstić information content (AvgIpc) is 2.68. The topological polar surface area (TPSA) is 47.6 Å². The van der Waals surface area contributed by atoms with Gasteiger partial charge in [0, 0.05) is 4.47 Å². The Kier molecular flexibility index (Phi) is 6.49. The zero-order valence-corrected chi connectivity index (χ0v) is 16.5. The van der Waals surface area contributed by atoms with Gasteiger partial charge in [0.25, 0.3) is 5.91 Å². The molecular formula is C22H20BrNO3. The van der Waals surface area contributed by atoms with Crippen LogP contribution in [0.4, 0.5) is 5.69 Å². The molecule has 0 heterocycles. The van der Waals surface area contributed by atoms with Crippen molar-refractivity contribution in [1.29, 1.82) is 0 Å². The molecule has 0 aliphatic carbocycles. The van der Waals surface area contributed by atoms with Gasteiger partial charge in [0.2, 0.25) is 0 Å². The molecule has 0 fully saturated rings. The molecule has 0 atom stereocenters. The molecule has 1 N–H and O–H groups in total. The number of nitrogens with one attached hydrogen (secondary N) is 1. The lowest BCUT2D eigenvalue weighted by Gasteiger charge is -2.13. The molecular weight excluding hydrogens is 406 g/mol. The van der Waals surface area contributed by atoms with E-state index in [1.165, 1.54) is 0 Å². The van der Waals surface area contributed by atoms with E-state index in [1.807, 2.05) is 67.6 Å². The molecule has 4 nitrogen and oxygen atoms in total. The second-order valence-electron chi connectivity index (χ2n) is 5.94. The van der Waals surface area contributed by atoms with Crippen LogP contribution < -0.4 is 14.8 Å². The van der Waals surface area contributed by atoms with Crippen LogP contribution in [0.15, 0.2) is 77.3 Å². The molecule has 0 bridgehead atoms. The van der Waals surface area contributed by atoms with Gasteiger partial charge in [-0.3, -0.25) is 4.79 Å². The van der Waals surface area contributed by atoms with Gasteiger partial charge in [-0.25, -0.2) is 0 Å². The molecule has 138 valence electrons. The lowest BCUT2D eigenvalue weighted by atomic mass is 10.1. The fourth-order valence-corrected chi connectivity index (χ4v) is 3.11. The number of aryl methyl sites for hydroxylation is 1. The Morgan fingerprint density at radius 3 is 2.41 bits per heavy atom. The fraction of sp³-hybridized carbons (Fsp3) is 0.136. The fourth-order valence-electron chi connectivity index (χ4n) is 2.52. The lowest BCUT2D eigenvalue weighted by molar-refractivity contribution is 0.102. The predicted octanol–water partition coefficient (Wildman–Crippen LogP) is 5.47. The molecule has 0 aliphatic heterocycles. The van der Waals surface area contributed by atoms with Gasteiger partial charge in [0.05, 0.1) is 11.3 Å². The second kappa shape index (κ2) is 9.24. The SMILES string of the molecule is Cc1ccc(NC(=O)c2ccccc2OCCOc2ccccc2)c(Br)c1. The van der Waals surface area contributed by atoms with Gasteiger partial charge in [0.15, 0.2) is 0 Å². The van der Waals surface area contributed by atoms with Crippen LogP contribution in [0.25, 0.3) is 0 Å². The zero-order valence-electron chi connectivity index (χ0n) is 14.9. The minimum Gasteiger partial charge on any atom is -0.490 e. The highest BCUT2D eigenvalue weighted by atomic mass is 79.9. The molecule has 5 heteroatoms.